The Labute approximate surface area is 181 Å². The number of rotatable bonds is 7. The molecule has 0 aliphatic rings. The Bertz CT molecular complexity index is 1180. The fourth-order valence-corrected chi connectivity index (χ4v) is 3.65. The van der Waals surface area contributed by atoms with Gasteiger partial charge in [-0.3, -0.25) is 4.79 Å². The lowest BCUT2D eigenvalue weighted by Gasteiger charge is -2.19. The number of imidazole rings is 1. The summed E-state index contributed by atoms with van der Waals surface area (Å²) in [5.74, 6) is 1.13. The summed E-state index contributed by atoms with van der Waals surface area (Å²) in [6, 6.07) is 19.2. The van der Waals surface area contributed by atoms with Gasteiger partial charge in [0.15, 0.2) is 0 Å². The number of nitrogens with one attached hydrogen (secondary N) is 2. The van der Waals surface area contributed by atoms with E-state index in [4.69, 9.17) is 0 Å². The zero-order valence-corrected chi connectivity index (χ0v) is 18.0. The van der Waals surface area contributed by atoms with Crippen LogP contribution in [0.2, 0.25) is 0 Å². The summed E-state index contributed by atoms with van der Waals surface area (Å²) < 4.78 is 2.00. The third-order valence-corrected chi connectivity index (χ3v) is 5.19. The van der Waals surface area contributed by atoms with Gasteiger partial charge in [0.2, 0.25) is 11.9 Å². The molecule has 0 saturated carbocycles. The van der Waals surface area contributed by atoms with Crippen LogP contribution in [-0.4, -0.2) is 31.5 Å². The summed E-state index contributed by atoms with van der Waals surface area (Å²) in [5.41, 5.74) is 4.72. The number of aryl methyl sites for hydroxylation is 3. The molecular weight excluding hydrogens is 388 g/mol. The molecule has 7 heteroatoms. The Hall–Kier alpha value is -3.74. The zero-order chi connectivity index (χ0) is 21.8. The second-order valence-electron chi connectivity index (χ2n) is 7.65. The van der Waals surface area contributed by atoms with Gasteiger partial charge < -0.3 is 15.2 Å². The first-order valence-electron chi connectivity index (χ1n) is 10.3. The highest BCUT2D eigenvalue weighted by Crippen LogP contribution is 2.14. The monoisotopic (exact) mass is 414 g/mol. The maximum atomic E-state index is 13.2. The lowest BCUT2D eigenvalue weighted by atomic mass is 10.1. The highest BCUT2D eigenvalue weighted by atomic mass is 16.2. The summed E-state index contributed by atoms with van der Waals surface area (Å²) >= 11 is 0. The quantitative estimate of drug-likeness (QED) is 0.485. The maximum Gasteiger partial charge on any atom is 0.243 e. The molecule has 7 nitrogen and oxygen atoms in total. The first kappa shape index (κ1) is 20.5. The third-order valence-electron chi connectivity index (χ3n) is 5.19. The van der Waals surface area contributed by atoms with Crippen LogP contribution in [0.3, 0.4) is 0 Å². The van der Waals surface area contributed by atoms with Crippen LogP contribution in [0.4, 0.5) is 5.95 Å². The van der Waals surface area contributed by atoms with E-state index in [1.165, 1.54) is 0 Å². The minimum atomic E-state index is -0.515. The van der Waals surface area contributed by atoms with Crippen LogP contribution < -0.4 is 10.6 Å². The number of hydrogen-bond acceptors (Lipinski definition) is 5. The zero-order valence-electron chi connectivity index (χ0n) is 18.0. The number of benzene rings is 2. The minimum absolute atomic E-state index is 0.126. The number of hydrogen-bond donors (Lipinski definition) is 2. The SMILES string of the molecule is Cc1cc(C)nc(N[C@H](Cc2ccccc2)C(=O)NCc2nc3ccccc3n2C)n1. The number of carbonyl (C=O) groups is 1. The first-order chi connectivity index (χ1) is 15.0. The molecule has 31 heavy (non-hydrogen) atoms. The van der Waals surface area contributed by atoms with Gasteiger partial charge in [-0.1, -0.05) is 42.5 Å². The highest BCUT2D eigenvalue weighted by molar-refractivity contribution is 5.84. The van der Waals surface area contributed by atoms with Gasteiger partial charge in [0, 0.05) is 24.9 Å². The molecule has 0 aliphatic carbocycles. The molecule has 1 amide bonds. The number of carbonyl (C=O) groups excluding carboxylic acids is 1. The van der Waals surface area contributed by atoms with E-state index in [1.54, 1.807) is 0 Å². The van der Waals surface area contributed by atoms with E-state index in [-0.39, 0.29) is 5.91 Å². The van der Waals surface area contributed by atoms with Crippen molar-refractivity contribution in [1.29, 1.82) is 0 Å². The van der Waals surface area contributed by atoms with E-state index < -0.39 is 6.04 Å². The molecule has 0 saturated heterocycles. The van der Waals surface area contributed by atoms with Crippen LogP contribution in [0.25, 0.3) is 11.0 Å². The fraction of sp³-hybridized carbons (Fsp3) is 0.250. The van der Waals surface area contributed by atoms with Crippen molar-refractivity contribution >= 4 is 22.9 Å². The lowest BCUT2D eigenvalue weighted by Crippen LogP contribution is -2.41. The molecule has 0 bridgehead atoms. The van der Waals surface area contributed by atoms with Crippen molar-refractivity contribution in [3.63, 3.8) is 0 Å². The van der Waals surface area contributed by atoms with Gasteiger partial charge >= 0.3 is 0 Å². The molecule has 0 spiro atoms. The number of amides is 1. The Morgan fingerprint density at radius 2 is 1.65 bits per heavy atom. The maximum absolute atomic E-state index is 13.2. The van der Waals surface area contributed by atoms with Crippen LogP contribution in [0, 0.1) is 13.8 Å². The summed E-state index contributed by atoms with van der Waals surface area (Å²) in [6.07, 6.45) is 0.519. The second-order valence-corrected chi connectivity index (χ2v) is 7.65. The normalized spacial score (nSPS) is 12.0. The van der Waals surface area contributed by atoms with Gasteiger partial charge in [-0.05, 0) is 37.6 Å². The van der Waals surface area contributed by atoms with Crippen molar-refractivity contribution in [3.05, 3.63) is 83.4 Å². The molecule has 2 heterocycles. The number of nitrogens with zero attached hydrogens (tertiary/aromatic N) is 4. The standard InChI is InChI=1S/C24H26N6O/c1-16-13-17(2)27-24(26-16)29-20(14-18-9-5-4-6-10-18)23(31)25-15-22-28-19-11-7-8-12-21(19)30(22)3/h4-13,20H,14-15H2,1-3H3,(H,25,31)(H,26,27,29)/t20-/m1/s1. The van der Waals surface area contributed by atoms with Crippen LogP contribution in [0.1, 0.15) is 22.8 Å². The van der Waals surface area contributed by atoms with Crippen molar-refractivity contribution in [3.8, 4) is 0 Å². The smallest absolute Gasteiger partial charge is 0.243 e. The molecular formula is C24H26N6O. The van der Waals surface area contributed by atoms with E-state index >= 15 is 0 Å². The van der Waals surface area contributed by atoms with Gasteiger partial charge in [-0.2, -0.15) is 0 Å². The van der Waals surface area contributed by atoms with E-state index in [2.05, 4.69) is 25.6 Å². The van der Waals surface area contributed by atoms with Crippen molar-refractivity contribution < 1.29 is 4.79 Å². The van der Waals surface area contributed by atoms with Crippen molar-refractivity contribution in [2.24, 2.45) is 7.05 Å². The topological polar surface area (TPSA) is 84.7 Å². The van der Waals surface area contributed by atoms with Crippen LogP contribution in [0.15, 0.2) is 60.7 Å². The van der Waals surface area contributed by atoms with Crippen LogP contribution in [0.5, 0.6) is 0 Å². The predicted octanol–water partition coefficient (Wildman–Crippen LogP) is 3.32. The van der Waals surface area contributed by atoms with E-state index in [1.807, 2.05) is 86.1 Å². The Kier molecular flexibility index (Phi) is 5.93. The van der Waals surface area contributed by atoms with Gasteiger partial charge in [-0.15, -0.1) is 0 Å². The average Bonchev–Trinajstić information content (AvgIpc) is 3.07. The molecule has 0 aliphatic heterocycles. The Morgan fingerprint density at radius 3 is 2.35 bits per heavy atom. The Balaban J connectivity index is 1.53. The molecule has 1 atom stereocenters. The summed E-state index contributed by atoms with van der Waals surface area (Å²) in [5, 5.41) is 6.26. The Morgan fingerprint density at radius 1 is 0.968 bits per heavy atom. The minimum Gasteiger partial charge on any atom is -0.347 e. The number of aromatic nitrogens is 4. The van der Waals surface area contributed by atoms with Gasteiger partial charge in [0.05, 0.1) is 17.6 Å². The van der Waals surface area contributed by atoms with Crippen molar-refractivity contribution in [1.82, 2.24) is 24.8 Å². The molecule has 0 unspecified atom stereocenters. The predicted molar refractivity (Wildman–Crippen MR) is 122 cm³/mol. The van der Waals surface area contributed by atoms with E-state index in [0.29, 0.717) is 18.9 Å². The molecule has 2 aromatic heterocycles. The van der Waals surface area contributed by atoms with Crippen molar-refractivity contribution in [2.45, 2.75) is 32.9 Å². The fourth-order valence-electron chi connectivity index (χ4n) is 3.65. The van der Waals surface area contributed by atoms with Gasteiger partial charge in [-0.25, -0.2) is 15.0 Å². The van der Waals surface area contributed by atoms with Crippen LogP contribution >= 0.6 is 0 Å². The molecule has 4 aromatic rings. The molecule has 2 N–H and O–H groups in total. The molecule has 0 fully saturated rings. The number of fused-ring (bicyclic) bond motifs is 1. The second kappa shape index (κ2) is 8.95. The third kappa shape index (κ3) is 4.88. The van der Waals surface area contributed by atoms with E-state index in [0.717, 1.165) is 33.8 Å². The molecule has 2 aromatic carbocycles. The molecule has 158 valence electrons. The highest BCUT2D eigenvalue weighted by Gasteiger charge is 2.21. The lowest BCUT2D eigenvalue weighted by molar-refractivity contribution is -0.122. The van der Waals surface area contributed by atoms with E-state index in [9.17, 15) is 4.79 Å². The van der Waals surface area contributed by atoms with Gasteiger partial charge in [0.25, 0.3) is 0 Å². The number of para-hydroxylation sites is 2. The first-order valence-corrected chi connectivity index (χ1v) is 10.3. The number of anilines is 1. The summed E-state index contributed by atoms with van der Waals surface area (Å²) in [6.45, 7) is 4.17. The largest absolute Gasteiger partial charge is 0.347 e. The average molecular weight is 415 g/mol. The summed E-state index contributed by atoms with van der Waals surface area (Å²) in [7, 11) is 1.96. The van der Waals surface area contributed by atoms with Crippen molar-refractivity contribution in [2.75, 3.05) is 5.32 Å². The van der Waals surface area contributed by atoms with Gasteiger partial charge in [0.1, 0.15) is 11.9 Å². The van der Waals surface area contributed by atoms with Crippen LogP contribution in [-0.2, 0) is 24.8 Å². The summed E-state index contributed by atoms with van der Waals surface area (Å²) in [4.78, 5) is 26.7. The molecule has 4 rings (SSSR count). The molecule has 0 radical (unpaired) electrons.